The summed E-state index contributed by atoms with van der Waals surface area (Å²) in [5.74, 6) is 0.513. The van der Waals surface area contributed by atoms with Crippen molar-refractivity contribution < 1.29 is 14.3 Å². The molecule has 6 nitrogen and oxygen atoms in total. The molecule has 0 spiro atoms. The molecular weight excluding hydrogens is 330 g/mol. The Morgan fingerprint density at radius 1 is 1.12 bits per heavy atom. The van der Waals surface area contributed by atoms with Crippen LogP contribution in [0.5, 0.6) is 0 Å². The molecule has 2 atom stereocenters. The molecule has 0 radical (unpaired) electrons. The molecule has 0 aromatic heterocycles. The minimum Gasteiger partial charge on any atom is -0.444 e. The first kappa shape index (κ1) is 21.0. The van der Waals surface area contributed by atoms with Gasteiger partial charge in [0.15, 0.2) is 0 Å². The van der Waals surface area contributed by atoms with Crippen LogP contribution < -0.4 is 10.6 Å². The number of nitrogens with one attached hydrogen (secondary N) is 2. The van der Waals surface area contributed by atoms with Crippen molar-refractivity contribution >= 4 is 12.0 Å². The van der Waals surface area contributed by atoms with E-state index in [1.807, 2.05) is 27.7 Å². The molecule has 6 heteroatoms. The molecule has 2 rings (SSSR count). The van der Waals surface area contributed by atoms with E-state index in [0.717, 1.165) is 38.8 Å². The smallest absolute Gasteiger partial charge is 0.407 e. The summed E-state index contributed by atoms with van der Waals surface area (Å²) in [5.41, 5.74) is -0.478. The van der Waals surface area contributed by atoms with Crippen LogP contribution in [0.15, 0.2) is 0 Å². The highest BCUT2D eigenvalue weighted by Crippen LogP contribution is 2.20. The fourth-order valence-corrected chi connectivity index (χ4v) is 3.89. The number of carbonyl (C=O) groups is 2. The Labute approximate surface area is 158 Å². The topological polar surface area (TPSA) is 70.7 Å². The van der Waals surface area contributed by atoms with Crippen LogP contribution in [0.25, 0.3) is 0 Å². The zero-order chi connectivity index (χ0) is 19.2. The van der Waals surface area contributed by atoms with Crippen LogP contribution in [0.4, 0.5) is 4.79 Å². The Kier molecular flexibility index (Phi) is 7.74. The van der Waals surface area contributed by atoms with Crippen LogP contribution in [0, 0.1) is 5.92 Å². The molecule has 0 aromatic carbocycles. The second-order valence-electron chi connectivity index (χ2n) is 8.91. The van der Waals surface area contributed by atoms with E-state index in [1.54, 1.807) is 0 Å². The van der Waals surface area contributed by atoms with E-state index in [4.69, 9.17) is 4.74 Å². The minimum absolute atomic E-state index is 0.110. The number of hydrogen-bond donors (Lipinski definition) is 2. The van der Waals surface area contributed by atoms with Crippen molar-refractivity contribution in [3.63, 3.8) is 0 Å². The van der Waals surface area contributed by atoms with Crippen LogP contribution in [0.3, 0.4) is 0 Å². The fraction of sp³-hybridized carbons (Fsp3) is 0.900. The molecule has 1 saturated carbocycles. The van der Waals surface area contributed by atoms with Crippen LogP contribution >= 0.6 is 0 Å². The van der Waals surface area contributed by atoms with E-state index in [1.165, 1.54) is 19.3 Å². The molecule has 1 heterocycles. The van der Waals surface area contributed by atoms with Crippen LogP contribution in [-0.4, -0.2) is 54.2 Å². The van der Waals surface area contributed by atoms with E-state index in [9.17, 15) is 9.59 Å². The number of rotatable bonds is 5. The molecule has 2 aliphatic rings. The third-order valence-corrected chi connectivity index (χ3v) is 5.36. The summed E-state index contributed by atoms with van der Waals surface area (Å²) in [6.45, 7) is 9.98. The first-order valence-electron chi connectivity index (χ1n) is 10.3. The number of piperidine rings is 1. The molecule has 26 heavy (non-hydrogen) atoms. The summed E-state index contributed by atoms with van der Waals surface area (Å²) in [6, 6.07) is 0.245. The van der Waals surface area contributed by atoms with Crippen LogP contribution in [0.1, 0.15) is 72.6 Å². The van der Waals surface area contributed by atoms with Crippen molar-refractivity contribution in [1.29, 1.82) is 0 Å². The summed E-state index contributed by atoms with van der Waals surface area (Å²) in [7, 11) is 0. The molecule has 2 fully saturated rings. The number of nitrogens with zero attached hydrogens (tertiary/aromatic N) is 1. The standard InChI is InChI=1S/C20H37N3O3/c1-15(18(24)22-17-10-6-5-7-11-17)23-12-8-9-16(14-23)13-21-19(25)26-20(2,3)4/h15-17H,5-14H2,1-4H3,(H,21,25)(H,22,24). The number of carbonyl (C=O) groups excluding carboxylic acids is 2. The SMILES string of the molecule is CC(C(=O)NC1CCCCC1)N1CCCC(CNC(=O)OC(C)(C)C)C1. The van der Waals surface area contributed by atoms with Gasteiger partial charge in [0.1, 0.15) is 5.60 Å². The van der Waals surface area contributed by atoms with Gasteiger partial charge in [0, 0.05) is 19.1 Å². The Bertz CT molecular complexity index is 469. The zero-order valence-electron chi connectivity index (χ0n) is 17.0. The Hall–Kier alpha value is -1.30. The first-order valence-corrected chi connectivity index (χ1v) is 10.3. The van der Waals surface area contributed by atoms with E-state index in [-0.39, 0.29) is 18.0 Å². The van der Waals surface area contributed by atoms with Gasteiger partial charge in [0.2, 0.25) is 5.91 Å². The van der Waals surface area contributed by atoms with Gasteiger partial charge in [0.05, 0.1) is 6.04 Å². The van der Waals surface area contributed by atoms with Gasteiger partial charge >= 0.3 is 6.09 Å². The van der Waals surface area contributed by atoms with Gasteiger partial charge in [0.25, 0.3) is 0 Å². The quantitative estimate of drug-likeness (QED) is 0.783. The molecule has 1 aliphatic carbocycles. The third-order valence-electron chi connectivity index (χ3n) is 5.36. The second-order valence-corrected chi connectivity index (χ2v) is 8.91. The lowest BCUT2D eigenvalue weighted by Crippen LogP contribution is -2.52. The normalized spacial score (nSPS) is 23.9. The lowest BCUT2D eigenvalue weighted by molar-refractivity contribution is -0.127. The highest BCUT2D eigenvalue weighted by atomic mass is 16.6. The summed E-state index contributed by atoms with van der Waals surface area (Å²) >= 11 is 0. The van der Waals surface area contributed by atoms with Gasteiger partial charge in [-0.2, -0.15) is 0 Å². The predicted octanol–water partition coefficient (Wildman–Crippen LogP) is 3.06. The van der Waals surface area contributed by atoms with Crippen molar-refractivity contribution in [3.8, 4) is 0 Å². The maximum atomic E-state index is 12.6. The number of alkyl carbamates (subject to hydrolysis) is 1. The highest BCUT2D eigenvalue weighted by Gasteiger charge is 2.29. The Morgan fingerprint density at radius 3 is 2.46 bits per heavy atom. The van der Waals surface area contributed by atoms with Gasteiger partial charge in [-0.15, -0.1) is 0 Å². The van der Waals surface area contributed by atoms with E-state index in [2.05, 4.69) is 15.5 Å². The van der Waals surface area contributed by atoms with Crippen molar-refractivity contribution in [2.24, 2.45) is 5.92 Å². The van der Waals surface area contributed by atoms with Gasteiger partial charge in [-0.1, -0.05) is 19.3 Å². The number of hydrogen-bond acceptors (Lipinski definition) is 4. The minimum atomic E-state index is -0.478. The van der Waals surface area contributed by atoms with Gasteiger partial charge in [-0.05, 0) is 65.8 Å². The molecule has 2 amide bonds. The second kappa shape index (κ2) is 9.58. The first-order chi connectivity index (χ1) is 12.2. The van der Waals surface area contributed by atoms with Crippen molar-refractivity contribution in [3.05, 3.63) is 0 Å². The molecule has 150 valence electrons. The van der Waals surface area contributed by atoms with Crippen LogP contribution in [0.2, 0.25) is 0 Å². The largest absolute Gasteiger partial charge is 0.444 e. The van der Waals surface area contributed by atoms with Crippen molar-refractivity contribution in [2.75, 3.05) is 19.6 Å². The Balaban J connectivity index is 1.75. The van der Waals surface area contributed by atoms with E-state index >= 15 is 0 Å². The molecule has 2 N–H and O–H groups in total. The average Bonchev–Trinajstić information content (AvgIpc) is 2.59. The van der Waals surface area contributed by atoms with Gasteiger partial charge < -0.3 is 15.4 Å². The van der Waals surface area contributed by atoms with Crippen molar-refractivity contribution in [2.45, 2.75) is 90.3 Å². The molecule has 1 aliphatic heterocycles. The molecule has 0 aromatic rings. The van der Waals surface area contributed by atoms with E-state index < -0.39 is 5.60 Å². The van der Waals surface area contributed by atoms with Crippen LogP contribution in [-0.2, 0) is 9.53 Å². The maximum absolute atomic E-state index is 12.6. The summed E-state index contributed by atoms with van der Waals surface area (Å²) in [4.78, 5) is 26.7. The van der Waals surface area contributed by atoms with Crippen molar-refractivity contribution in [1.82, 2.24) is 15.5 Å². The molecule has 0 bridgehead atoms. The molecular formula is C20H37N3O3. The zero-order valence-corrected chi connectivity index (χ0v) is 17.0. The monoisotopic (exact) mass is 367 g/mol. The fourth-order valence-electron chi connectivity index (χ4n) is 3.89. The average molecular weight is 368 g/mol. The Morgan fingerprint density at radius 2 is 1.81 bits per heavy atom. The van der Waals surface area contributed by atoms with E-state index in [0.29, 0.717) is 18.5 Å². The third kappa shape index (κ3) is 7.14. The lowest BCUT2D eigenvalue weighted by Gasteiger charge is -2.37. The summed E-state index contributed by atoms with van der Waals surface area (Å²) < 4.78 is 5.30. The molecule has 2 unspecified atom stereocenters. The maximum Gasteiger partial charge on any atom is 0.407 e. The summed E-state index contributed by atoms with van der Waals surface area (Å²) in [5, 5.41) is 6.11. The number of ether oxygens (including phenoxy) is 1. The lowest BCUT2D eigenvalue weighted by atomic mass is 9.94. The number of amides is 2. The van der Waals surface area contributed by atoms with Gasteiger partial charge in [-0.25, -0.2) is 4.79 Å². The summed E-state index contributed by atoms with van der Waals surface area (Å²) in [6.07, 6.45) is 7.73. The highest BCUT2D eigenvalue weighted by molar-refractivity contribution is 5.81. The molecule has 1 saturated heterocycles. The van der Waals surface area contributed by atoms with Gasteiger partial charge in [-0.3, -0.25) is 9.69 Å². The number of likely N-dealkylation sites (tertiary alicyclic amines) is 1. The predicted molar refractivity (Wildman–Crippen MR) is 103 cm³/mol.